The van der Waals surface area contributed by atoms with Gasteiger partial charge in [-0.05, 0) is 17.7 Å². The number of nitrogens with two attached hydrogens (primary N) is 1. The number of benzene rings is 1. The summed E-state index contributed by atoms with van der Waals surface area (Å²) in [4.78, 5) is 10.6. The van der Waals surface area contributed by atoms with Gasteiger partial charge in [-0.3, -0.25) is 4.79 Å². The van der Waals surface area contributed by atoms with E-state index in [1.54, 1.807) is 12.1 Å². The molecule has 1 aromatic carbocycles. The van der Waals surface area contributed by atoms with Crippen LogP contribution in [0.4, 0.5) is 0 Å². The largest absolute Gasteiger partial charge is 0.480 e. The standard InChI is InChI=1S/C10H11NO5/c11-8(10(13)14)9(12)5-1-2-6-7(3-5)16-4-15-6/h1-3,8-9,12H,4,11H2,(H,13,14)/t8-,9+/m0/s1. The Kier molecular flexibility index (Phi) is 2.67. The molecule has 1 aromatic rings. The normalized spacial score (nSPS) is 16.9. The van der Waals surface area contributed by atoms with E-state index in [-0.39, 0.29) is 6.79 Å². The minimum atomic E-state index is -1.36. The summed E-state index contributed by atoms with van der Waals surface area (Å²) < 4.78 is 10.2. The zero-order chi connectivity index (χ0) is 11.7. The molecule has 86 valence electrons. The molecule has 0 saturated carbocycles. The van der Waals surface area contributed by atoms with Gasteiger partial charge in [-0.1, -0.05) is 6.07 Å². The van der Waals surface area contributed by atoms with Crippen LogP contribution >= 0.6 is 0 Å². The van der Waals surface area contributed by atoms with Crippen LogP contribution in [-0.4, -0.2) is 29.0 Å². The maximum atomic E-state index is 10.6. The monoisotopic (exact) mass is 225 g/mol. The number of hydrogen-bond acceptors (Lipinski definition) is 5. The van der Waals surface area contributed by atoms with Crippen LogP contribution in [0.25, 0.3) is 0 Å². The van der Waals surface area contributed by atoms with E-state index >= 15 is 0 Å². The molecule has 0 radical (unpaired) electrons. The van der Waals surface area contributed by atoms with Gasteiger partial charge >= 0.3 is 5.97 Å². The molecule has 6 heteroatoms. The van der Waals surface area contributed by atoms with E-state index in [4.69, 9.17) is 20.3 Å². The van der Waals surface area contributed by atoms with Gasteiger partial charge in [0, 0.05) is 0 Å². The molecule has 1 aliphatic heterocycles. The van der Waals surface area contributed by atoms with Crippen LogP contribution in [0, 0.1) is 0 Å². The summed E-state index contributed by atoms with van der Waals surface area (Å²) in [6.07, 6.45) is -1.27. The Morgan fingerprint density at radius 3 is 2.75 bits per heavy atom. The number of fused-ring (bicyclic) bond motifs is 1. The zero-order valence-electron chi connectivity index (χ0n) is 8.29. The second-order valence-corrected chi connectivity index (χ2v) is 3.42. The summed E-state index contributed by atoms with van der Waals surface area (Å²) in [7, 11) is 0. The van der Waals surface area contributed by atoms with Crippen LogP contribution in [0.3, 0.4) is 0 Å². The van der Waals surface area contributed by atoms with Crippen molar-refractivity contribution in [1.29, 1.82) is 0 Å². The third-order valence-electron chi connectivity index (χ3n) is 2.36. The van der Waals surface area contributed by atoms with Crippen molar-refractivity contribution in [2.45, 2.75) is 12.1 Å². The molecule has 4 N–H and O–H groups in total. The third kappa shape index (κ3) is 1.80. The summed E-state index contributed by atoms with van der Waals surface area (Å²) in [5, 5.41) is 18.4. The summed E-state index contributed by atoms with van der Waals surface area (Å²) in [6, 6.07) is 3.33. The Morgan fingerprint density at radius 1 is 1.38 bits per heavy atom. The molecule has 2 rings (SSSR count). The van der Waals surface area contributed by atoms with E-state index in [1.165, 1.54) is 6.07 Å². The van der Waals surface area contributed by atoms with Crippen molar-refractivity contribution in [2.75, 3.05) is 6.79 Å². The summed E-state index contributed by atoms with van der Waals surface area (Å²) in [6.45, 7) is 0.125. The quantitative estimate of drug-likeness (QED) is 0.661. The Morgan fingerprint density at radius 2 is 2.06 bits per heavy atom. The lowest BCUT2D eigenvalue weighted by atomic mass is 10.0. The molecule has 0 aromatic heterocycles. The Hall–Kier alpha value is -1.79. The minimum absolute atomic E-state index is 0.125. The molecule has 0 amide bonds. The number of aliphatic hydroxyl groups is 1. The second kappa shape index (κ2) is 3.99. The first-order valence-corrected chi connectivity index (χ1v) is 4.65. The molecular formula is C10H11NO5. The van der Waals surface area contributed by atoms with Crippen LogP contribution in [-0.2, 0) is 4.79 Å². The van der Waals surface area contributed by atoms with E-state index in [9.17, 15) is 9.90 Å². The number of carboxylic acids is 1. The fourth-order valence-electron chi connectivity index (χ4n) is 1.44. The molecular weight excluding hydrogens is 214 g/mol. The molecule has 1 heterocycles. The highest BCUT2D eigenvalue weighted by atomic mass is 16.7. The average Bonchev–Trinajstić information content (AvgIpc) is 2.73. The maximum absolute atomic E-state index is 10.6. The van der Waals surface area contributed by atoms with Gasteiger partial charge in [0.2, 0.25) is 6.79 Å². The van der Waals surface area contributed by atoms with Crippen LogP contribution in [0.1, 0.15) is 11.7 Å². The third-order valence-corrected chi connectivity index (χ3v) is 2.36. The lowest BCUT2D eigenvalue weighted by molar-refractivity contribution is -0.141. The predicted molar refractivity (Wildman–Crippen MR) is 53.1 cm³/mol. The van der Waals surface area contributed by atoms with Gasteiger partial charge in [0.25, 0.3) is 0 Å². The number of aliphatic carboxylic acids is 1. The molecule has 0 spiro atoms. The van der Waals surface area contributed by atoms with Crippen molar-refractivity contribution in [1.82, 2.24) is 0 Å². The highest BCUT2D eigenvalue weighted by Crippen LogP contribution is 2.34. The number of aliphatic hydroxyl groups excluding tert-OH is 1. The van der Waals surface area contributed by atoms with Gasteiger partial charge in [0.05, 0.1) is 0 Å². The maximum Gasteiger partial charge on any atom is 0.323 e. The van der Waals surface area contributed by atoms with Gasteiger partial charge in [-0.15, -0.1) is 0 Å². The van der Waals surface area contributed by atoms with Crippen molar-refractivity contribution >= 4 is 5.97 Å². The van der Waals surface area contributed by atoms with Gasteiger partial charge in [-0.2, -0.15) is 0 Å². The number of hydrogen-bond donors (Lipinski definition) is 3. The SMILES string of the molecule is N[C@H](C(=O)O)[C@H](O)c1ccc2c(c1)OCO2. The zero-order valence-corrected chi connectivity index (χ0v) is 8.29. The number of carbonyl (C=O) groups is 1. The summed E-state index contributed by atoms with van der Waals surface area (Å²) >= 11 is 0. The summed E-state index contributed by atoms with van der Waals surface area (Å²) in [5.74, 6) is -0.209. The van der Waals surface area contributed by atoms with E-state index in [1.807, 2.05) is 0 Å². The molecule has 0 unspecified atom stereocenters. The van der Waals surface area contributed by atoms with Gasteiger partial charge in [-0.25, -0.2) is 0 Å². The van der Waals surface area contributed by atoms with Crippen molar-refractivity contribution in [2.24, 2.45) is 5.73 Å². The van der Waals surface area contributed by atoms with E-state index in [0.717, 1.165) is 0 Å². The first-order chi connectivity index (χ1) is 7.59. The van der Waals surface area contributed by atoms with Gasteiger partial charge < -0.3 is 25.4 Å². The van der Waals surface area contributed by atoms with Gasteiger partial charge in [0.15, 0.2) is 11.5 Å². The molecule has 0 aliphatic carbocycles. The molecule has 0 bridgehead atoms. The van der Waals surface area contributed by atoms with E-state index in [0.29, 0.717) is 17.1 Å². The predicted octanol–water partition coefficient (Wildman–Crippen LogP) is -0.139. The van der Waals surface area contributed by atoms with Crippen LogP contribution in [0.15, 0.2) is 18.2 Å². The van der Waals surface area contributed by atoms with Crippen LogP contribution in [0.5, 0.6) is 11.5 Å². The van der Waals surface area contributed by atoms with Crippen molar-refractivity contribution < 1.29 is 24.5 Å². The first kappa shape index (κ1) is 10.7. The van der Waals surface area contributed by atoms with Crippen molar-refractivity contribution in [3.8, 4) is 11.5 Å². The molecule has 1 aliphatic rings. The first-order valence-electron chi connectivity index (χ1n) is 4.65. The fourth-order valence-corrected chi connectivity index (χ4v) is 1.44. The van der Waals surface area contributed by atoms with Crippen LogP contribution < -0.4 is 15.2 Å². The molecule has 0 saturated heterocycles. The Bertz CT molecular complexity index is 420. The molecule has 0 fully saturated rings. The molecule has 2 atom stereocenters. The highest BCUT2D eigenvalue weighted by Gasteiger charge is 2.25. The smallest absolute Gasteiger partial charge is 0.323 e. The molecule has 6 nitrogen and oxygen atoms in total. The summed E-state index contributed by atoms with van der Waals surface area (Å²) in [5.41, 5.74) is 5.70. The average molecular weight is 225 g/mol. The minimum Gasteiger partial charge on any atom is -0.480 e. The second-order valence-electron chi connectivity index (χ2n) is 3.42. The highest BCUT2D eigenvalue weighted by molar-refractivity contribution is 5.74. The van der Waals surface area contributed by atoms with Crippen molar-refractivity contribution in [3.05, 3.63) is 23.8 Å². The van der Waals surface area contributed by atoms with E-state index in [2.05, 4.69) is 0 Å². The Balaban J connectivity index is 2.24. The van der Waals surface area contributed by atoms with Crippen LogP contribution in [0.2, 0.25) is 0 Å². The Labute approximate surface area is 91.2 Å². The number of rotatable bonds is 3. The lowest BCUT2D eigenvalue weighted by Crippen LogP contribution is -2.36. The number of ether oxygens (including phenoxy) is 2. The van der Waals surface area contributed by atoms with Gasteiger partial charge in [0.1, 0.15) is 12.1 Å². The lowest BCUT2D eigenvalue weighted by Gasteiger charge is -2.15. The molecule has 16 heavy (non-hydrogen) atoms. The van der Waals surface area contributed by atoms with E-state index < -0.39 is 18.1 Å². The fraction of sp³-hybridized carbons (Fsp3) is 0.300. The number of carboxylic acid groups (broad SMARTS) is 1. The van der Waals surface area contributed by atoms with Crippen molar-refractivity contribution in [3.63, 3.8) is 0 Å². The topological polar surface area (TPSA) is 102 Å².